The fourth-order valence-electron chi connectivity index (χ4n) is 3.17. The van der Waals surface area contributed by atoms with Crippen molar-refractivity contribution in [2.24, 2.45) is 0 Å². The molecule has 138 valence electrons. The summed E-state index contributed by atoms with van der Waals surface area (Å²) in [6.07, 6.45) is 0. The summed E-state index contributed by atoms with van der Waals surface area (Å²) in [6, 6.07) is 9.55. The number of aromatic nitrogens is 1. The number of amides is 1. The smallest absolute Gasteiger partial charge is 0.265 e. The molecule has 6 nitrogen and oxygen atoms in total. The standard InChI is InChI=1S/C19H17N3O3S2/c1-11-8-12-9-13(2-3-14(12)25-11)20-17(23)15-10-16-18(26-15)21-19(27-16)22-4-6-24-7-5-22/h2-3,8-10H,4-7H2,1H3,(H,20,23). The molecule has 1 N–H and O–H groups in total. The first-order valence-corrected chi connectivity index (χ1v) is 10.3. The second-order valence-corrected chi connectivity index (χ2v) is 8.48. The molecule has 1 saturated heterocycles. The summed E-state index contributed by atoms with van der Waals surface area (Å²) in [6.45, 7) is 5.12. The first-order chi connectivity index (χ1) is 13.2. The van der Waals surface area contributed by atoms with E-state index < -0.39 is 0 Å². The van der Waals surface area contributed by atoms with Crippen molar-refractivity contribution in [3.8, 4) is 0 Å². The molecule has 0 saturated carbocycles. The van der Waals surface area contributed by atoms with Gasteiger partial charge in [-0.25, -0.2) is 4.98 Å². The number of fused-ring (bicyclic) bond motifs is 2. The third-order valence-electron chi connectivity index (χ3n) is 4.48. The molecule has 0 unspecified atom stereocenters. The number of thiazole rings is 1. The highest BCUT2D eigenvalue weighted by molar-refractivity contribution is 7.29. The van der Waals surface area contributed by atoms with Gasteiger partial charge in [-0.15, -0.1) is 11.3 Å². The van der Waals surface area contributed by atoms with Crippen molar-refractivity contribution < 1.29 is 13.9 Å². The van der Waals surface area contributed by atoms with Gasteiger partial charge in [-0.1, -0.05) is 11.3 Å². The number of carbonyl (C=O) groups excluding carboxylic acids is 1. The number of rotatable bonds is 3. The summed E-state index contributed by atoms with van der Waals surface area (Å²) in [5, 5.41) is 4.96. The van der Waals surface area contributed by atoms with Gasteiger partial charge in [-0.3, -0.25) is 4.79 Å². The quantitative estimate of drug-likeness (QED) is 0.549. The van der Waals surface area contributed by atoms with Crippen LogP contribution in [0, 0.1) is 6.92 Å². The molecule has 1 aliphatic heterocycles. The van der Waals surface area contributed by atoms with Crippen LogP contribution in [0.1, 0.15) is 15.4 Å². The van der Waals surface area contributed by atoms with E-state index in [1.807, 2.05) is 37.3 Å². The summed E-state index contributed by atoms with van der Waals surface area (Å²) < 4.78 is 12.0. The van der Waals surface area contributed by atoms with E-state index in [2.05, 4.69) is 10.2 Å². The van der Waals surface area contributed by atoms with Crippen molar-refractivity contribution in [2.75, 3.05) is 36.5 Å². The number of nitrogens with one attached hydrogen (secondary N) is 1. The van der Waals surface area contributed by atoms with Gasteiger partial charge in [0.1, 0.15) is 16.2 Å². The molecule has 0 radical (unpaired) electrons. The lowest BCUT2D eigenvalue weighted by molar-refractivity contribution is 0.103. The number of aryl methyl sites for hydroxylation is 1. The topological polar surface area (TPSA) is 67.6 Å². The Balaban J connectivity index is 1.35. The van der Waals surface area contributed by atoms with E-state index in [-0.39, 0.29) is 5.91 Å². The Labute approximate surface area is 163 Å². The van der Waals surface area contributed by atoms with Crippen molar-refractivity contribution in [3.63, 3.8) is 0 Å². The van der Waals surface area contributed by atoms with Crippen LogP contribution in [0.3, 0.4) is 0 Å². The van der Waals surface area contributed by atoms with Gasteiger partial charge in [0, 0.05) is 24.2 Å². The van der Waals surface area contributed by atoms with Crippen LogP contribution in [0.15, 0.2) is 34.7 Å². The molecule has 4 aromatic rings. The summed E-state index contributed by atoms with van der Waals surface area (Å²) in [7, 11) is 0. The van der Waals surface area contributed by atoms with Gasteiger partial charge in [-0.05, 0) is 37.3 Å². The minimum Gasteiger partial charge on any atom is -0.461 e. The third-order valence-corrected chi connectivity index (χ3v) is 6.70. The van der Waals surface area contributed by atoms with Gasteiger partial charge in [0.05, 0.1) is 22.8 Å². The zero-order valence-corrected chi connectivity index (χ0v) is 16.3. The molecular formula is C19H17N3O3S2. The number of morpholine rings is 1. The summed E-state index contributed by atoms with van der Waals surface area (Å²) >= 11 is 3.06. The van der Waals surface area contributed by atoms with E-state index in [1.54, 1.807) is 11.3 Å². The highest BCUT2D eigenvalue weighted by atomic mass is 32.1. The number of anilines is 2. The van der Waals surface area contributed by atoms with E-state index in [1.165, 1.54) is 11.3 Å². The highest BCUT2D eigenvalue weighted by Gasteiger charge is 2.19. The fourth-order valence-corrected chi connectivity index (χ4v) is 5.33. The number of hydrogen-bond donors (Lipinski definition) is 1. The molecule has 1 fully saturated rings. The van der Waals surface area contributed by atoms with Gasteiger partial charge in [0.15, 0.2) is 5.13 Å². The van der Waals surface area contributed by atoms with Crippen molar-refractivity contribution in [1.29, 1.82) is 0 Å². The largest absolute Gasteiger partial charge is 0.461 e. The predicted octanol–water partition coefficient (Wildman–Crippen LogP) is 4.50. The van der Waals surface area contributed by atoms with Gasteiger partial charge in [0.25, 0.3) is 5.91 Å². The Morgan fingerprint density at radius 2 is 2.04 bits per heavy atom. The Bertz CT molecular complexity index is 1110. The van der Waals surface area contributed by atoms with Crippen LogP contribution in [-0.4, -0.2) is 37.2 Å². The minimum atomic E-state index is -0.113. The number of ether oxygens (including phenoxy) is 1. The highest BCUT2D eigenvalue weighted by Crippen LogP contribution is 2.35. The van der Waals surface area contributed by atoms with Crippen LogP contribution in [0.25, 0.3) is 20.5 Å². The molecule has 8 heteroatoms. The molecule has 5 rings (SSSR count). The molecule has 27 heavy (non-hydrogen) atoms. The second-order valence-electron chi connectivity index (χ2n) is 6.44. The van der Waals surface area contributed by atoms with Crippen molar-refractivity contribution >= 4 is 59.9 Å². The van der Waals surface area contributed by atoms with Crippen molar-refractivity contribution in [3.05, 3.63) is 41.0 Å². The van der Waals surface area contributed by atoms with Crippen molar-refractivity contribution in [2.45, 2.75) is 6.92 Å². The lowest BCUT2D eigenvalue weighted by Gasteiger charge is -2.25. The molecule has 1 aromatic carbocycles. The number of carbonyl (C=O) groups is 1. The molecule has 1 amide bonds. The zero-order valence-electron chi connectivity index (χ0n) is 14.7. The van der Waals surface area contributed by atoms with E-state index in [4.69, 9.17) is 14.1 Å². The van der Waals surface area contributed by atoms with Crippen LogP contribution < -0.4 is 10.2 Å². The molecule has 0 aliphatic carbocycles. The van der Waals surface area contributed by atoms with Gasteiger partial charge >= 0.3 is 0 Å². The van der Waals surface area contributed by atoms with E-state index in [9.17, 15) is 4.79 Å². The molecule has 3 aromatic heterocycles. The van der Waals surface area contributed by atoms with E-state index in [0.29, 0.717) is 4.88 Å². The number of hydrogen-bond acceptors (Lipinski definition) is 7. The lowest BCUT2D eigenvalue weighted by atomic mass is 10.2. The van der Waals surface area contributed by atoms with Crippen LogP contribution >= 0.6 is 22.7 Å². The molecule has 0 atom stereocenters. The van der Waals surface area contributed by atoms with Crippen LogP contribution in [0.5, 0.6) is 0 Å². The number of benzene rings is 1. The second kappa shape index (κ2) is 6.63. The summed E-state index contributed by atoms with van der Waals surface area (Å²) in [5.41, 5.74) is 1.58. The summed E-state index contributed by atoms with van der Waals surface area (Å²) in [4.78, 5) is 21.2. The van der Waals surface area contributed by atoms with Gasteiger partial charge in [0.2, 0.25) is 0 Å². The fraction of sp³-hybridized carbons (Fsp3) is 0.263. The van der Waals surface area contributed by atoms with Crippen molar-refractivity contribution in [1.82, 2.24) is 4.98 Å². The number of furan rings is 1. The average molecular weight is 399 g/mol. The van der Waals surface area contributed by atoms with Gasteiger partial charge < -0.3 is 19.4 Å². The maximum Gasteiger partial charge on any atom is 0.265 e. The Kier molecular flexibility index (Phi) is 4.11. The third kappa shape index (κ3) is 3.20. The summed E-state index contributed by atoms with van der Waals surface area (Å²) in [5.74, 6) is 0.742. The maximum atomic E-state index is 12.6. The number of thiophene rings is 1. The molecule has 0 spiro atoms. The molecule has 4 heterocycles. The lowest BCUT2D eigenvalue weighted by Crippen LogP contribution is -2.36. The number of nitrogens with zero attached hydrogens (tertiary/aromatic N) is 2. The Morgan fingerprint density at radius 1 is 1.19 bits per heavy atom. The first-order valence-electron chi connectivity index (χ1n) is 8.70. The molecule has 1 aliphatic rings. The van der Waals surface area contributed by atoms with Gasteiger partial charge in [-0.2, -0.15) is 0 Å². The predicted molar refractivity (Wildman–Crippen MR) is 109 cm³/mol. The van der Waals surface area contributed by atoms with Crippen LogP contribution in [0.4, 0.5) is 10.8 Å². The average Bonchev–Trinajstić information content (AvgIpc) is 3.33. The zero-order chi connectivity index (χ0) is 18.4. The van der Waals surface area contributed by atoms with E-state index >= 15 is 0 Å². The Hall–Kier alpha value is -2.42. The van der Waals surface area contributed by atoms with Crippen LogP contribution in [0.2, 0.25) is 0 Å². The monoisotopic (exact) mass is 399 g/mol. The van der Waals surface area contributed by atoms with Crippen LogP contribution in [-0.2, 0) is 4.74 Å². The first kappa shape index (κ1) is 16.7. The molecule has 0 bridgehead atoms. The molecular weight excluding hydrogens is 382 g/mol. The SMILES string of the molecule is Cc1cc2cc(NC(=O)c3cc4sc(N5CCOCC5)nc4s3)ccc2o1. The Morgan fingerprint density at radius 3 is 2.85 bits per heavy atom. The van der Waals surface area contributed by atoms with E-state index in [0.717, 1.165) is 63.4 Å². The maximum absolute atomic E-state index is 12.6. The minimum absolute atomic E-state index is 0.113. The normalized spacial score (nSPS) is 14.9.